The Bertz CT molecular complexity index is 605. The third-order valence-electron chi connectivity index (χ3n) is 4.14. The predicted octanol–water partition coefficient (Wildman–Crippen LogP) is 13.7. The quantitative estimate of drug-likeness (QED) is 0.216. The van der Waals surface area contributed by atoms with Gasteiger partial charge in [0, 0.05) is 142 Å². The van der Waals surface area contributed by atoms with Gasteiger partial charge >= 0.3 is 0 Å². The molecule has 3 rings (SSSR count). The van der Waals surface area contributed by atoms with E-state index in [1.807, 2.05) is 6.92 Å². The Kier molecular flexibility index (Phi) is 147. The first-order valence-corrected chi connectivity index (χ1v) is 13.0. The average molecular weight is 1110 g/mol. The first-order chi connectivity index (χ1) is 16.1. The molecule has 0 bridgehead atoms. The maximum absolute atomic E-state index is 3.49. The molecule has 3 aromatic rings. The van der Waals surface area contributed by atoms with Crippen LogP contribution in [0.5, 0.6) is 0 Å². The second-order valence-electron chi connectivity index (χ2n) is 7.91. The minimum Gasteiger partial charge on any atom is -0.358 e. The molecule has 0 spiro atoms. The molecule has 0 nitrogen and oxygen atoms in total. The summed E-state index contributed by atoms with van der Waals surface area (Å²) in [5.41, 5.74) is 4.33. The molecule has 3 aromatic carbocycles. The molecule has 0 fully saturated rings. The van der Waals surface area contributed by atoms with E-state index in [-0.39, 0.29) is 194 Å². The Balaban J connectivity index is -0.0000000245. The molecule has 252 valence electrons. The van der Waals surface area contributed by atoms with Crippen LogP contribution in [-0.4, -0.2) is 0 Å². The molecule has 0 saturated carbocycles. The van der Waals surface area contributed by atoms with Crippen LogP contribution in [0, 0.1) is 201 Å². The zero-order chi connectivity index (χ0) is 25.0. The summed E-state index contributed by atoms with van der Waals surface area (Å²) >= 11 is 0. The maximum Gasteiger partial charge on any atom is 0 e. The van der Waals surface area contributed by atoms with Crippen LogP contribution in [0.25, 0.3) is 0 Å². The van der Waals surface area contributed by atoms with Gasteiger partial charge in [0.25, 0.3) is 0 Å². The van der Waals surface area contributed by atoms with Crippen LogP contribution >= 0.6 is 0 Å². The van der Waals surface area contributed by atoms with Crippen molar-refractivity contribution in [3.8, 4) is 0 Å². The van der Waals surface area contributed by atoms with E-state index < -0.39 is 0 Å². The predicted molar refractivity (Wildman–Crippen MR) is 198 cm³/mol. The van der Waals surface area contributed by atoms with Gasteiger partial charge in [0.05, 0.1) is 0 Å². The van der Waals surface area contributed by atoms with Crippen LogP contribution in [0.15, 0.2) is 91.0 Å². The smallest absolute Gasteiger partial charge is 0 e. The fourth-order valence-corrected chi connectivity index (χ4v) is 2.80. The molecule has 0 aliphatic rings. The molecule has 0 heterocycles. The first-order valence-electron chi connectivity index (χ1n) is 13.0. The molecule has 4 radical (unpaired) electrons. The van der Waals surface area contributed by atoms with Gasteiger partial charge in [-0.15, -0.1) is 0 Å². The van der Waals surface area contributed by atoms with Crippen LogP contribution in [0.3, 0.4) is 0 Å². The van der Waals surface area contributed by atoms with Crippen molar-refractivity contribution in [3.63, 3.8) is 0 Å². The van der Waals surface area contributed by atoms with Gasteiger partial charge in [0.15, 0.2) is 0 Å². The third kappa shape index (κ3) is 66.8. The van der Waals surface area contributed by atoms with Crippen LogP contribution in [0.4, 0.5) is 0 Å². The molecular weight excluding hydrogens is 1040 g/mol. The minimum atomic E-state index is 0. The molecule has 0 aromatic heterocycles. The van der Waals surface area contributed by atoms with Gasteiger partial charge < -0.3 is 58.9 Å². The van der Waals surface area contributed by atoms with Crippen LogP contribution in [-0.2, 0) is 19.3 Å². The van der Waals surface area contributed by atoms with Crippen molar-refractivity contribution in [3.05, 3.63) is 167 Å². The summed E-state index contributed by atoms with van der Waals surface area (Å²) in [6.07, 6.45) is 9.60. The van der Waals surface area contributed by atoms with E-state index in [1.54, 1.807) is 0 Å². The van der Waals surface area contributed by atoms with Gasteiger partial charge in [0.1, 0.15) is 0 Å². The number of hydrogen-bond acceptors (Lipinski definition) is 0. The van der Waals surface area contributed by atoms with Gasteiger partial charge in [0.2, 0.25) is 0 Å². The second kappa shape index (κ2) is 75.7. The number of benzene rings is 3. The van der Waals surface area contributed by atoms with E-state index in [9.17, 15) is 0 Å². The first kappa shape index (κ1) is 85.8. The van der Waals surface area contributed by atoms with E-state index in [0.29, 0.717) is 0 Å². The topological polar surface area (TPSA) is 0 Å². The monoisotopic (exact) mass is 1110 g/mol. The maximum atomic E-state index is 3.49. The van der Waals surface area contributed by atoms with E-state index in [0.717, 1.165) is 6.42 Å². The van der Waals surface area contributed by atoms with E-state index in [2.05, 4.69) is 133 Å². The zero-order valence-corrected chi connectivity index (χ0v) is 46.3. The Morgan fingerprint density at radius 1 is 0.364 bits per heavy atom. The molecule has 0 atom stereocenters. The molecule has 0 aliphatic carbocycles. The van der Waals surface area contributed by atoms with Gasteiger partial charge in [-0.05, 0) is 36.0 Å². The van der Waals surface area contributed by atoms with Crippen LogP contribution in [0.2, 0.25) is 0 Å². The Hall–Kier alpha value is 2.44. The third-order valence-corrected chi connectivity index (χ3v) is 4.14. The fraction of sp³-hybridized carbons (Fsp3) is 0.350. The van der Waals surface area contributed by atoms with Crippen molar-refractivity contribution in [2.24, 2.45) is 0 Å². The van der Waals surface area contributed by atoms with Crippen LogP contribution in [0.1, 0.15) is 90.3 Å². The number of rotatable bonds is 6. The molecule has 44 heavy (non-hydrogen) atoms. The van der Waals surface area contributed by atoms with E-state index >= 15 is 0 Å². The Morgan fingerprint density at radius 2 is 0.500 bits per heavy atom. The van der Waals surface area contributed by atoms with Gasteiger partial charge in [-0.3, -0.25) is 0 Å². The van der Waals surface area contributed by atoms with Crippen molar-refractivity contribution in [1.82, 2.24) is 0 Å². The Morgan fingerprint density at radius 3 is 0.614 bits per heavy atom. The standard InChI is InChI=1S/3C9H12.C3H8.C3H7.7CH3.4La/c3*1-2-6-9-7-4-3-5-8-9;2*1-3-2;;;;;;;;;;;/h3*3-5,7-8H,2,6H2,1H3;3H2,1-2H3;1,3H2,2H3;7*1H3;;;;/q;;;;8*-1;;;;. The zero-order valence-electron chi connectivity index (χ0n) is 31.8. The summed E-state index contributed by atoms with van der Waals surface area (Å²) in [5.74, 6) is 0. The van der Waals surface area contributed by atoms with Gasteiger partial charge in [-0.2, -0.15) is 6.42 Å². The summed E-state index contributed by atoms with van der Waals surface area (Å²) in [4.78, 5) is 0. The molecular formula is C40H72La4-8. The summed E-state index contributed by atoms with van der Waals surface area (Å²) < 4.78 is 0. The summed E-state index contributed by atoms with van der Waals surface area (Å²) in [7, 11) is 0. The van der Waals surface area contributed by atoms with Crippen LogP contribution < -0.4 is 0 Å². The minimum absolute atomic E-state index is 0. The van der Waals surface area contributed by atoms with Gasteiger partial charge in [-0.1, -0.05) is 158 Å². The molecule has 4 heteroatoms. The van der Waals surface area contributed by atoms with Crippen molar-refractivity contribution in [1.29, 1.82) is 0 Å². The molecule has 0 N–H and O–H groups in total. The van der Waals surface area contributed by atoms with Crippen molar-refractivity contribution < 1.29 is 142 Å². The largest absolute Gasteiger partial charge is 0.358 e. The van der Waals surface area contributed by atoms with E-state index in [1.165, 1.54) is 61.6 Å². The molecule has 0 amide bonds. The summed E-state index contributed by atoms with van der Waals surface area (Å²) in [6, 6.07) is 31.7. The number of aryl methyl sites for hydroxylation is 3. The van der Waals surface area contributed by atoms with Gasteiger partial charge in [-0.25, -0.2) is 0 Å². The molecule has 0 aliphatic heterocycles. The number of hydrogen-bond donors (Lipinski definition) is 0. The Labute approximate surface area is 395 Å². The summed E-state index contributed by atoms with van der Waals surface area (Å²) in [6.45, 7) is 16.4. The van der Waals surface area contributed by atoms with Crippen molar-refractivity contribution >= 4 is 0 Å². The van der Waals surface area contributed by atoms with Crippen molar-refractivity contribution in [2.45, 2.75) is 92.9 Å². The molecule has 0 unspecified atom stereocenters. The SMILES string of the molecule is CCC.CCCc1ccccc1.CCCc1ccccc1.CCCc1ccccc1.[CH2-]CC.[CH3-].[CH3-].[CH3-].[CH3-].[CH3-].[CH3-].[CH3-].[La].[La].[La].[La]. The van der Waals surface area contributed by atoms with Crippen molar-refractivity contribution in [2.75, 3.05) is 0 Å². The summed E-state index contributed by atoms with van der Waals surface area (Å²) in [5, 5.41) is 0. The fourth-order valence-electron chi connectivity index (χ4n) is 2.80. The normalized spacial score (nSPS) is 6.61. The van der Waals surface area contributed by atoms with E-state index in [4.69, 9.17) is 0 Å². The second-order valence-corrected chi connectivity index (χ2v) is 7.91. The average Bonchev–Trinajstić information content (AvgIpc) is 2.84. The molecule has 0 saturated heterocycles.